The molecule has 4 N–H and O–H groups in total. The van der Waals surface area contributed by atoms with Crippen molar-refractivity contribution in [2.45, 2.75) is 4.90 Å². The topological polar surface area (TPSA) is 101 Å². The van der Waals surface area contributed by atoms with E-state index in [-0.39, 0.29) is 9.37 Å². The van der Waals surface area contributed by atoms with Crippen molar-refractivity contribution in [1.82, 2.24) is 9.97 Å². The molecule has 1 aromatic heterocycles. The van der Waals surface area contributed by atoms with Gasteiger partial charge in [-0.3, -0.25) is 4.72 Å². The maximum Gasteiger partial charge on any atom is 0.261 e. The van der Waals surface area contributed by atoms with Crippen molar-refractivity contribution in [3.63, 3.8) is 0 Å². The molecular formula is C15H12BrFN4O2S. The molecule has 0 saturated carbocycles. The second kappa shape index (κ2) is 6.25. The fourth-order valence-corrected chi connectivity index (χ4v) is 3.67. The lowest BCUT2D eigenvalue weighted by molar-refractivity contribution is 0.599. The lowest BCUT2D eigenvalue weighted by Gasteiger charge is -2.09. The van der Waals surface area contributed by atoms with Gasteiger partial charge < -0.3 is 10.7 Å². The number of nitrogens with two attached hydrogens (primary N) is 1. The van der Waals surface area contributed by atoms with Gasteiger partial charge in [-0.15, -0.1) is 0 Å². The van der Waals surface area contributed by atoms with Crippen LogP contribution in [0.5, 0.6) is 0 Å². The number of hydrogen-bond donors (Lipinski definition) is 3. The Bertz CT molecular complexity index is 987. The number of nitrogens with zero attached hydrogens (tertiary/aromatic N) is 1. The summed E-state index contributed by atoms with van der Waals surface area (Å²) in [5.41, 5.74) is 7.45. The number of imidazole rings is 1. The summed E-state index contributed by atoms with van der Waals surface area (Å²) in [5, 5.41) is 0. The number of hydrogen-bond acceptors (Lipinski definition) is 4. The molecule has 0 atom stereocenters. The van der Waals surface area contributed by atoms with E-state index in [0.717, 1.165) is 17.3 Å². The van der Waals surface area contributed by atoms with E-state index in [0.29, 0.717) is 11.6 Å². The summed E-state index contributed by atoms with van der Waals surface area (Å²) in [6.45, 7) is 0. The van der Waals surface area contributed by atoms with E-state index in [1.54, 1.807) is 30.5 Å². The third kappa shape index (κ3) is 3.41. The van der Waals surface area contributed by atoms with Gasteiger partial charge in [0.1, 0.15) is 5.82 Å². The number of anilines is 2. The molecular weight excluding hydrogens is 399 g/mol. The highest BCUT2D eigenvalue weighted by molar-refractivity contribution is 9.10. The molecule has 0 spiro atoms. The summed E-state index contributed by atoms with van der Waals surface area (Å²) in [4.78, 5) is 6.75. The molecule has 6 nitrogen and oxygen atoms in total. The van der Waals surface area contributed by atoms with Crippen LogP contribution in [0.25, 0.3) is 11.3 Å². The van der Waals surface area contributed by atoms with Crippen LogP contribution in [0.2, 0.25) is 0 Å². The van der Waals surface area contributed by atoms with Crippen LogP contribution >= 0.6 is 15.9 Å². The van der Waals surface area contributed by atoms with Gasteiger partial charge in [-0.1, -0.05) is 12.1 Å². The van der Waals surface area contributed by atoms with E-state index >= 15 is 0 Å². The molecule has 0 amide bonds. The minimum Gasteiger partial charge on any atom is -0.369 e. The number of nitrogen functional groups attached to an aromatic ring is 1. The predicted molar refractivity (Wildman–Crippen MR) is 93.3 cm³/mol. The monoisotopic (exact) mass is 410 g/mol. The van der Waals surface area contributed by atoms with Gasteiger partial charge in [0, 0.05) is 5.69 Å². The van der Waals surface area contributed by atoms with Crippen LogP contribution in [-0.2, 0) is 10.0 Å². The average molecular weight is 411 g/mol. The second-order valence-electron chi connectivity index (χ2n) is 4.94. The van der Waals surface area contributed by atoms with Gasteiger partial charge in [0.2, 0.25) is 0 Å². The molecule has 9 heteroatoms. The largest absolute Gasteiger partial charge is 0.369 e. The number of halogens is 2. The molecule has 3 aromatic rings. The molecule has 0 aliphatic carbocycles. The van der Waals surface area contributed by atoms with Gasteiger partial charge >= 0.3 is 0 Å². The van der Waals surface area contributed by atoms with E-state index in [2.05, 4.69) is 30.6 Å². The first-order valence-electron chi connectivity index (χ1n) is 6.74. The Labute approximate surface area is 146 Å². The van der Waals surface area contributed by atoms with Gasteiger partial charge in [-0.2, -0.15) is 0 Å². The van der Waals surface area contributed by atoms with Crippen LogP contribution in [0.15, 0.2) is 58.0 Å². The first-order valence-corrected chi connectivity index (χ1v) is 9.01. The van der Waals surface area contributed by atoms with Crippen molar-refractivity contribution in [2.24, 2.45) is 0 Å². The molecule has 2 aromatic carbocycles. The maximum absolute atomic E-state index is 13.2. The Morgan fingerprint density at radius 3 is 2.46 bits per heavy atom. The molecule has 0 fully saturated rings. The number of nitrogens with one attached hydrogen (secondary N) is 2. The van der Waals surface area contributed by atoms with Crippen molar-refractivity contribution >= 4 is 37.6 Å². The highest BCUT2D eigenvalue weighted by atomic mass is 79.9. The smallest absolute Gasteiger partial charge is 0.261 e. The first kappa shape index (κ1) is 16.5. The van der Waals surface area contributed by atoms with Gasteiger partial charge in [0.05, 0.1) is 21.3 Å². The summed E-state index contributed by atoms with van der Waals surface area (Å²) in [6.07, 6.45) is 1.59. The Morgan fingerprint density at radius 2 is 1.88 bits per heavy atom. The van der Waals surface area contributed by atoms with Gasteiger partial charge in [0.25, 0.3) is 10.0 Å². The highest BCUT2D eigenvalue weighted by Gasteiger charge is 2.16. The minimum atomic E-state index is -3.81. The lowest BCUT2D eigenvalue weighted by Crippen LogP contribution is -2.13. The summed E-state index contributed by atoms with van der Waals surface area (Å²) in [6, 6.07) is 10.2. The first-order chi connectivity index (χ1) is 11.3. The minimum absolute atomic E-state index is 0.0406. The molecule has 0 aliphatic rings. The molecule has 1 heterocycles. The average Bonchev–Trinajstić information content (AvgIpc) is 2.97. The zero-order valence-electron chi connectivity index (χ0n) is 12.1. The molecule has 124 valence electrons. The SMILES string of the molecule is Nc1ncc(-c2ccc(NS(=O)(=O)c3ccc(F)c(Br)c3)cc2)[nH]1. The molecule has 24 heavy (non-hydrogen) atoms. The van der Waals surface area contributed by atoms with Gasteiger partial charge in [-0.25, -0.2) is 17.8 Å². The zero-order chi connectivity index (χ0) is 17.3. The Balaban J connectivity index is 1.83. The van der Waals surface area contributed by atoms with Crippen molar-refractivity contribution in [2.75, 3.05) is 10.5 Å². The molecule has 3 rings (SSSR count). The third-order valence-electron chi connectivity index (χ3n) is 3.24. The van der Waals surface area contributed by atoms with Crippen molar-refractivity contribution in [1.29, 1.82) is 0 Å². The van der Waals surface area contributed by atoms with Crippen LogP contribution in [0, 0.1) is 5.82 Å². The summed E-state index contributed by atoms with van der Waals surface area (Å²) < 4.78 is 40.4. The fourth-order valence-electron chi connectivity index (χ4n) is 2.06. The summed E-state index contributed by atoms with van der Waals surface area (Å²) >= 11 is 2.97. The van der Waals surface area contributed by atoms with Crippen LogP contribution in [0.4, 0.5) is 16.0 Å². The second-order valence-corrected chi connectivity index (χ2v) is 7.48. The number of aromatic amines is 1. The zero-order valence-corrected chi connectivity index (χ0v) is 14.5. The van der Waals surface area contributed by atoms with Crippen molar-refractivity contribution in [3.8, 4) is 11.3 Å². The highest BCUT2D eigenvalue weighted by Crippen LogP contribution is 2.24. The Hall–Kier alpha value is -2.39. The van der Waals surface area contributed by atoms with E-state index in [4.69, 9.17) is 5.73 Å². The van der Waals surface area contributed by atoms with Crippen molar-refractivity contribution in [3.05, 3.63) is 59.0 Å². The Morgan fingerprint density at radius 1 is 1.17 bits per heavy atom. The van der Waals surface area contributed by atoms with Gasteiger partial charge in [0.15, 0.2) is 5.95 Å². The quantitative estimate of drug-likeness (QED) is 0.613. The number of H-pyrrole nitrogens is 1. The number of sulfonamides is 1. The fraction of sp³-hybridized carbons (Fsp3) is 0. The van der Waals surface area contributed by atoms with Crippen LogP contribution in [0.3, 0.4) is 0 Å². The van der Waals surface area contributed by atoms with E-state index in [9.17, 15) is 12.8 Å². The van der Waals surface area contributed by atoms with E-state index < -0.39 is 15.8 Å². The van der Waals surface area contributed by atoms with Gasteiger partial charge in [-0.05, 0) is 51.8 Å². The van der Waals surface area contributed by atoms with E-state index in [1.165, 1.54) is 12.1 Å². The van der Waals surface area contributed by atoms with Crippen LogP contribution in [0.1, 0.15) is 0 Å². The molecule has 0 unspecified atom stereocenters. The molecule has 0 bridgehead atoms. The normalized spacial score (nSPS) is 11.4. The van der Waals surface area contributed by atoms with Crippen LogP contribution < -0.4 is 10.5 Å². The molecule has 0 radical (unpaired) electrons. The van der Waals surface area contributed by atoms with Crippen LogP contribution in [-0.4, -0.2) is 18.4 Å². The third-order valence-corrected chi connectivity index (χ3v) is 5.23. The van der Waals surface area contributed by atoms with E-state index in [1.807, 2.05) is 0 Å². The summed E-state index contributed by atoms with van der Waals surface area (Å²) in [7, 11) is -3.81. The lowest BCUT2D eigenvalue weighted by atomic mass is 10.1. The number of benzene rings is 2. The predicted octanol–water partition coefficient (Wildman–Crippen LogP) is 3.36. The number of aromatic nitrogens is 2. The summed E-state index contributed by atoms with van der Waals surface area (Å²) in [5.74, 6) is -0.228. The van der Waals surface area contributed by atoms with Crippen molar-refractivity contribution < 1.29 is 12.8 Å². The number of rotatable bonds is 4. The molecule has 0 saturated heterocycles. The molecule has 0 aliphatic heterocycles. The standard InChI is InChI=1S/C15H12BrFN4O2S/c16-12-7-11(5-6-13(12)17)24(22,23)21-10-3-1-9(2-4-10)14-8-19-15(18)20-14/h1-8,21H,(H3,18,19,20). The maximum atomic E-state index is 13.2. The Kier molecular flexibility index (Phi) is 4.29.